The maximum atomic E-state index is 13.9. The summed E-state index contributed by atoms with van der Waals surface area (Å²) in [4.78, 5) is -0.450. The molecular formula is C15H12BrClF2O. The Kier molecular flexibility index (Phi) is 4.66. The molecule has 0 aliphatic rings. The zero-order valence-corrected chi connectivity index (χ0v) is 13.2. The van der Waals surface area contributed by atoms with Crippen LogP contribution in [0.3, 0.4) is 0 Å². The number of halogens is 4. The van der Waals surface area contributed by atoms with Crippen LogP contribution in [-0.2, 0) is 0 Å². The van der Waals surface area contributed by atoms with Crippen molar-refractivity contribution in [2.24, 2.45) is 0 Å². The van der Waals surface area contributed by atoms with Gasteiger partial charge in [0.1, 0.15) is 17.4 Å². The molecule has 0 amide bonds. The van der Waals surface area contributed by atoms with E-state index in [0.29, 0.717) is 21.9 Å². The molecule has 2 aromatic carbocycles. The predicted octanol–water partition coefficient (Wildman–Crippen LogP) is 5.42. The molecule has 20 heavy (non-hydrogen) atoms. The van der Waals surface area contributed by atoms with Crippen molar-refractivity contribution in [3.05, 3.63) is 63.7 Å². The Morgan fingerprint density at radius 2 is 1.80 bits per heavy atom. The van der Waals surface area contributed by atoms with E-state index in [-0.39, 0.29) is 0 Å². The van der Waals surface area contributed by atoms with Crippen molar-refractivity contribution >= 4 is 27.5 Å². The van der Waals surface area contributed by atoms with Crippen molar-refractivity contribution < 1.29 is 13.5 Å². The van der Waals surface area contributed by atoms with Gasteiger partial charge in [-0.3, -0.25) is 0 Å². The van der Waals surface area contributed by atoms with Crippen LogP contribution in [0.4, 0.5) is 8.78 Å². The molecule has 0 aliphatic carbocycles. The molecule has 0 saturated heterocycles. The molecule has 0 aromatic heterocycles. The van der Waals surface area contributed by atoms with Crippen molar-refractivity contribution in [1.82, 2.24) is 0 Å². The van der Waals surface area contributed by atoms with Crippen LogP contribution >= 0.6 is 27.5 Å². The highest BCUT2D eigenvalue weighted by Crippen LogP contribution is 2.39. The Bertz CT molecular complexity index is 646. The quantitative estimate of drug-likeness (QED) is 0.663. The number of rotatable bonds is 3. The molecule has 0 aliphatic heterocycles. The molecule has 1 unspecified atom stereocenters. The van der Waals surface area contributed by atoms with Crippen LogP contribution < -0.4 is 4.74 Å². The Hall–Kier alpha value is -1.13. The van der Waals surface area contributed by atoms with E-state index < -0.39 is 16.5 Å². The van der Waals surface area contributed by atoms with Gasteiger partial charge >= 0.3 is 0 Å². The van der Waals surface area contributed by atoms with Gasteiger partial charge in [0.2, 0.25) is 0 Å². The molecule has 5 heteroatoms. The summed E-state index contributed by atoms with van der Waals surface area (Å²) in [5.41, 5.74) is 1.46. The largest absolute Gasteiger partial charge is 0.496 e. The molecule has 0 N–H and O–H groups in total. The molecule has 1 nitrogen and oxygen atoms in total. The van der Waals surface area contributed by atoms with Gasteiger partial charge in [-0.1, -0.05) is 33.6 Å². The van der Waals surface area contributed by atoms with Crippen LogP contribution in [-0.4, -0.2) is 7.11 Å². The molecular weight excluding hydrogens is 350 g/mol. The molecule has 0 bridgehead atoms. The molecule has 0 saturated carbocycles. The highest BCUT2D eigenvalue weighted by molar-refractivity contribution is 9.09. The van der Waals surface area contributed by atoms with Crippen molar-refractivity contribution in [2.75, 3.05) is 7.11 Å². The van der Waals surface area contributed by atoms with Gasteiger partial charge < -0.3 is 4.74 Å². The number of hydrogen-bond acceptors (Lipinski definition) is 1. The molecule has 2 aromatic rings. The maximum absolute atomic E-state index is 13.9. The molecule has 0 heterocycles. The zero-order valence-electron chi connectivity index (χ0n) is 10.9. The third-order valence-electron chi connectivity index (χ3n) is 3.02. The maximum Gasteiger partial charge on any atom is 0.130 e. The SMILES string of the molecule is COc1cc(Cl)ccc1C(Br)c1cc(C)c(F)cc1F. The van der Waals surface area contributed by atoms with Gasteiger partial charge in [-0.25, -0.2) is 8.78 Å². The van der Waals surface area contributed by atoms with Gasteiger partial charge in [-0.15, -0.1) is 0 Å². The molecule has 0 fully saturated rings. The van der Waals surface area contributed by atoms with E-state index in [9.17, 15) is 8.78 Å². The number of methoxy groups -OCH3 is 1. The summed E-state index contributed by atoms with van der Waals surface area (Å²) in [5.74, 6) is -0.623. The second kappa shape index (κ2) is 6.10. The van der Waals surface area contributed by atoms with Gasteiger partial charge in [0, 0.05) is 22.2 Å². The summed E-state index contributed by atoms with van der Waals surface area (Å²) in [6.45, 7) is 1.59. The lowest BCUT2D eigenvalue weighted by Gasteiger charge is -2.16. The topological polar surface area (TPSA) is 9.23 Å². The van der Waals surface area contributed by atoms with Crippen LogP contribution in [0.2, 0.25) is 5.02 Å². The fourth-order valence-corrected chi connectivity index (χ4v) is 2.83. The molecule has 0 radical (unpaired) electrons. The summed E-state index contributed by atoms with van der Waals surface area (Å²) in [6.07, 6.45) is 0. The Morgan fingerprint density at radius 3 is 2.45 bits per heavy atom. The highest BCUT2D eigenvalue weighted by atomic mass is 79.9. The zero-order chi connectivity index (χ0) is 14.9. The molecule has 1 atom stereocenters. The Balaban J connectivity index is 2.51. The number of benzene rings is 2. The summed E-state index contributed by atoms with van der Waals surface area (Å²) in [5, 5.41) is 0.529. The average molecular weight is 362 g/mol. The number of aryl methyl sites for hydroxylation is 1. The lowest BCUT2D eigenvalue weighted by atomic mass is 10.0. The van der Waals surface area contributed by atoms with Crippen molar-refractivity contribution in [3.63, 3.8) is 0 Å². The molecule has 2 rings (SSSR count). The third-order valence-corrected chi connectivity index (χ3v) is 4.24. The normalized spacial score (nSPS) is 12.3. The first kappa shape index (κ1) is 15.3. The summed E-state index contributed by atoms with van der Waals surface area (Å²) >= 11 is 9.34. The van der Waals surface area contributed by atoms with E-state index in [1.807, 2.05) is 0 Å². The van der Waals surface area contributed by atoms with Crippen LogP contribution in [0.1, 0.15) is 21.5 Å². The third kappa shape index (κ3) is 2.96. The van der Waals surface area contributed by atoms with Crippen LogP contribution in [0.25, 0.3) is 0 Å². The minimum absolute atomic E-state index is 0.351. The molecule has 0 spiro atoms. The summed E-state index contributed by atoms with van der Waals surface area (Å²) in [6, 6.07) is 7.47. The fraction of sp³-hybridized carbons (Fsp3) is 0.200. The van der Waals surface area contributed by atoms with Crippen LogP contribution in [0, 0.1) is 18.6 Å². The van der Waals surface area contributed by atoms with E-state index in [0.717, 1.165) is 11.6 Å². The van der Waals surface area contributed by atoms with Gasteiger partial charge in [0.25, 0.3) is 0 Å². The Labute approximate surface area is 129 Å². The van der Waals surface area contributed by atoms with Gasteiger partial charge in [-0.05, 0) is 30.7 Å². The predicted molar refractivity (Wildman–Crippen MR) is 79.9 cm³/mol. The monoisotopic (exact) mass is 360 g/mol. The summed E-state index contributed by atoms with van der Waals surface area (Å²) < 4.78 is 32.5. The minimum Gasteiger partial charge on any atom is -0.496 e. The van der Waals surface area contributed by atoms with Crippen molar-refractivity contribution in [2.45, 2.75) is 11.8 Å². The van der Waals surface area contributed by atoms with Gasteiger partial charge in [0.05, 0.1) is 11.9 Å². The smallest absolute Gasteiger partial charge is 0.130 e. The first-order chi connectivity index (χ1) is 9.43. The van der Waals surface area contributed by atoms with Gasteiger partial charge in [-0.2, -0.15) is 0 Å². The first-order valence-corrected chi connectivity index (χ1v) is 7.16. The van der Waals surface area contributed by atoms with E-state index in [1.54, 1.807) is 25.1 Å². The standard InChI is InChI=1S/C15H12BrClF2O/c1-8-5-11(13(19)7-12(8)18)15(16)10-4-3-9(17)6-14(10)20-2/h3-7,15H,1-2H3. The number of hydrogen-bond donors (Lipinski definition) is 0. The lowest BCUT2D eigenvalue weighted by Crippen LogP contribution is -2.01. The highest BCUT2D eigenvalue weighted by Gasteiger charge is 2.20. The second-order valence-corrected chi connectivity index (χ2v) is 5.72. The average Bonchev–Trinajstić information content (AvgIpc) is 2.42. The number of alkyl halides is 1. The first-order valence-electron chi connectivity index (χ1n) is 5.87. The number of ether oxygens (including phenoxy) is 1. The fourth-order valence-electron chi connectivity index (χ4n) is 1.94. The van der Waals surface area contributed by atoms with E-state index in [1.165, 1.54) is 13.2 Å². The summed E-state index contributed by atoms with van der Waals surface area (Å²) in [7, 11) is 1.52. The van der Waals surface area contributed by atoms with Crippen LogP contribution in [0.15, 0.2) is 30.3 Å². The van der Waals surface area contributed by atoms with E-state index in [2.05, 4.69) is 15.9 Å². The van der Waals surface area contributed by atoms with Crippen molar-refractivity contribution in [3.8, 4) is 5.75 Å². The second-order valence-electron chi connectivity index (χ2n) is 4.37. The Morgan fingerprint density at radius 1 is 1.10 bits per heavy atom. The lowest BCUT2D eigenvalue weighted by molar-refractivity contribution is 0.410. The van der Waals surface area contributed by atoms with Crippen LogP contribution in [0.5, 0.6) is 5.75 Å². The molecule has 106 valence electrons. The van der Waals surface area contributed by atoms with Crippen molar-refractivity contribution in [1.29, 1.82) is 0 Å². The van der Waals surface area contributed by atoms with E-state index in [4.69, 9.17) is 16.3 Å². The minimum atomic E-state index is -0.605. The van der Waals surface area contributed by atoms with Gasteiger partial charge in [0.15, 0.2) is 0 Å². The van der Waals surface area contributed by atoms with E-state index >= 15 is 0 Å².